The third-order valence-electron chi connectivity index (χ3n) is 2.49. The number of halogens is 3. The van der Waals surface area contributed by atoms with Crippen molar-refractivity contribution >= 4 is 10.0 Å². The fourth-order valence-electron chi connectivity index (χ4n) is 1.59. The summed E-state index contributed by atoms with van der Waals surface area (Å²) >= 11 is 0. The van der Waals surface area contributed by atoms with Gasteiger partial charge in [-0.2, -0.15) is 22.6 Å². The topological polar surface area (TPSA) is 81.2 Å². The fourth-order valence-corrected chi connectivity index (χ4v) is 3.17. The molecule has 0 aliphatic carbocycles. The Morgan fingerprint density at radius 2 is 2.05 bits per heavy atom. The van der Waals surface area contributed by atoms with Gasteiger partial charge in [0.25, 0.3) is 0 Å². The van der Waals surface area contributed by atoms with E-state index in [1.165, 1.54) is 24.7 Å². The monoisotopic (exact) mass is 314 g/mol. The van der Waals surface area contributed by atoms with Crippen LogP contribution in [0.15, 0.2) is 17.3 Å². The summed E-state index contributed by atoms with van der Waals surface area (Å²) in [6.45, 7) is 1.77. The van der Waals surface area contributed by atoms with Gasteiger partial charge in [-0.25, -0.2) is 8.42 Å². The van der Waals surface area contributed by atoms with Gasteiger partial charge in [-0.15, -0.1) is 0 Å². The van der Waals surface area contributed by atoms with Gasteiger partial charge in [0, 0.05) is 18.8 Å². The largest absolute Gasteiger partial charge is 0.402 e. The maximum atomic E-state index is 12.5. The average molecular weight is 314 g/mol. The first-order chi connectivity index (χ1) is 9.08. The number of alkyl halides is 3. The smallest absolute Gasteiger partial charge is 0.329 e. The fraction of sp³-hybridized carbons (Fsp3) is 0.700. The molecule has 0 atom stereocenters. The molecule has 6 nitrogen and oxygen atoms in total. The van der Waals surface area contributed by atoms with Crippen LogP contribution in [0.2, 0.25) is 0 Å². The lowest BCUT2D eigenvalue weighted by molar-refractivity contribution is -0.138. The van der Waals surface area contributed by atoms with Crippen LogP contribution in [0, 0.1) is 0 Å². The minimum Gasteiger partial charge on any atom is -0.329 e. The minimum atomic E-state index is -4.61. The SMILES string of the molecule is CC(C)N(CC(F)(F)F)S(=O)(=O)c1cnn(CCN)c1. The molecule has 1 rings (SSSR count). The lowest BCUT2D eigenvalue weighted by Crippen LogP contribution is -2.43. The van der Waals surface area contributed by atoms with Crippen LogP contribution in [0.25, 0.3) is 0 Å². The lowest BCUT2D eigenvalue weighted by Gasteiger charge is -2.26. The van der Waals surface area contributed by atoms with Gasteiger partial charge in [0.05, 0.1) is 12.7 Å². The maximum absolute atomic E-state index is 12.5. The molecule has 0 spiro atoms. The van der Waals surface area contributed by atoms with E-state index in [0.717, 1.165) is 6.20 Å². The van der Waals surface area contributed by atoms with Crippen molar-refractivity contribution in [3.05, 3.63) is 12.4 Å². The molecule has 2 N–H and O–H groups in total. The second kappa shape index (κ2) is 6.10. The molecule has 0 aromatic carbocycles. The molecule has 1 aromatic rings. The summed E-state index contributed by atoms with van der Waals surface area (Å²) in [5.41, 5.74) is 5.30. The summed E-state index contributed by atoms with van der Waals surface area (Å²) in [7, 11) is -4.24. The van der Waals surface area contributed by atoms with Crippen LogP contribution in [0.3, 0.4) is 0 Å². The molecule has 0 aliphatic rings. The summed E-state index contributed by atoms with van der Waals surface area (Å²) in [5, 5.41) is 3.76. The molecule has 0 radical (unpaired) electrons. The quantitative estimate of drug-likeness (QED) is 0.842. The molecule has 1 heterocycles. The Labute approximate surface area is 115 Å². The number of hydrogen-bond donors (Lipinski definition) is 1. The van der Waals surface area contributed by atoms with Crippen molar-refractivity contribution in [3.8, 4) is 0 Å². The van der Waals surface area contributed by atoms with Gasteiger partial charge in [0.1, 0.15) is 11.4 Å². The van der Waals surface area contributed by atoms with Gasteiger partial charge in [-0.1, -0.05) is 0 Å². The van der Waals surface area contributed by atoms with E-state index >= 15 is 0 Å². The highest BCUT2D eigenvalue weighted by atomic mass is 32.2. The Hall–Kier alpha value is -1.13. The van der Waals surface area contributed by atoms with Crippen LogP contribution in [0.1, 0.15) is 13.8 Å². The predicted molar refractivity (Wildman–Crippen MR) is 66.4 cm³/mol. The van der Waals surface area contributed by atoms with Crippen LogP contribution < -0.4 is 5.73 Å². The Morgan fingerprint density at radius 3 is 2.50 bits per heavy atom. The van der Waals surface area contributed by atoms with Crippen LogP contribution in [0.4, 0.5) is 13.2 Å². The van der Waals surface area contributed by atoms with E-state index in [9.17, 15) is 21.6 Å². The summed E-state index contributed by atoms with van der Waals surface area (Å²) in [6, 6.07) is -0.820. The molecule has 20 heavy (non-hydrogen) atoms. The standard InChI is InChI=1S/C10H17F3N4O2S/c1-8(2)17(7-10(11,12)13)20(18,19)9-5-15-16(6-9)4-3-14/h5-6,8H,3-4,7,14H2,1-2H3. The van der Waals surface area contributed by atoms with Gasteiger partial charge < -0.3 is 5.73 Å². The molecule has 0 saturated heterocycles. The van der Waals surface area contributed by atoms with E-state index in [0.29, 0.717) is 4.31 Å². The molecule has 1 aromatic heterocycles. The maximum Gasteiger partial charge on any atom is 0.402 e. The minimum absolute atomic E-state index is 0.248. The first-order valence-electron chi connectivity index (χ1n) is 5.89. The summed E-state index contributed by atoms with van der Waals surface area (Å²) < 4.78 is 63.6. The highest BCUT2D eigenvalue weighted by Gasteiger charge is 2.38. The molecule has 10 heteroatoms. The zero-order valence-corrected chi connectivity index (χ0v) is 11.9. The van der Waals surface area contributed by atoms with Crippen molar-refractivity contribution in [3.63, 3.8) is 0 Å². The van der Waals surface area contributed by atoms with E-state index in [4.69, 9.17) is 5.73 Å². The lowest BCUT2D eigenvalue weighted by atomic mass is 10.4. The molecular weight excluding hydrogens is 297 g/mol. The number of nitrogens with two attached hydrogens (primary N) is 1. The zero-order valence-electron chi connectivity index (χ0n) is 11.1. The van der Waals surface area contributed by atoms with Crippen molar-refractivity contribution in [2.45, 2.75) is 37.5 Å². The first-order valence-corrected chi connectivity index (χ1v) is 7.33. The number of rotatable bonds is 6. The van der Waals surface area contributed by atoms with Crippen LogP contribution in [-0.2, 0) is 16.6 Å². The Kier molecular flexibility index (Phi) is 5.16. The number of nitrogens with zero attached hydrogens (tertiary/aromatic N) is 3. The number of aromatic nitrogens is 2. The van der Waals surface area contributed by atoms with E-state index in [2.05, 4.69) is 5.10 Å². The van der Waals surface area contributed by atoms with Crippen molar-refractivity contribution < 1.29 is 21.6 Å². The van der Waals surface area contributed by atoms with E-state index in [1.54, 1.807) is 0 Å². The molecular formula is C10H17F3N4O2S. The van der Waals surface area contributed by atoms with E-state index < -0.39 is 28.8 Å². The highest BCUT2D eigenvalue weighted by molar-refractivity contribution is 7.89. The van der Waals surface area contributed by atoms with Gasteiger partial charge in [0.2, 0.25) is 10.0 Å². The molecule has 0 unspecified atom stereocenters. The Balaban J connectivity index is 3.09. The second-order valence-corrected chi connectivity index (χ2v) is 6.38. The molecule has 116 valence electrons. The van der Waals surface area contributed by atoms with Crippen molar-refractivity contribution in [2.24, 2.45) is 5.73 Å². The van der Waals surface area contributed by atoms with Crippen LogP contribution in [-0.4, -0.2) is 47.8 Å². The third-order valence-corrected chi connectivity index (χ3v) is 4.46. The average Bonchev–Trinajstić information content (AvgIpc) is 2.74. The molecule has 0 bridgehead atoms. The Bertz CT molecular complexity index is 539. The predicted octanol–water partition coefficient (Wildman–Crippen LogP) is 0.803. The number of sulfonamides is 1. The Morgan fingerprint density at radius 1 is 1.45 bits per heavy atom. The van der Waals surface area contributed by atoms with Crippen molar-refractivity contribution in [1.82, 2.24) is 14.1 Å². The van der Waals surface area contributed by atoms with Gasteiger partial charge in [-0.05, 0) is 13.8 Å². The summed E-state index contributed by atoms with van der Waals surface area (Å²) in [6.07, 6.45) is -2.41. The molecule has 0 amide bonds. The van der Waals surface area contributed by atoms with Crippen molar-refractivity contribution in [2.75, 3.05) is 13.1 Å². The van der Waals surface area contributed by atoms with E-state index in [-0.39, 0.29) is 18.0 Å². The number of hydrogen-bond acceptors (Lipinski definition) is 4. The van der Waals surface area contributed by atoms with Gasteiger partial charge in [-0.3, -0.25) is 4.68 Å². The summed E-state index contributed by atoms with van der Waals surface area (Å²) in [5.74, 6) is 0. The molecule has 0 saturated carbocycles. The first kappa shape index (κ1) is 16.9. The molecule has 0 fully saturated rings. The normalized spacial score (nSPS) is 13.4. The highest BCUT2D eigenvalue weighted by Crippen LogP contribution is 2.24. The van der Waals surface area contributed by atoms with Crippen LogP contribution in [0.5, 0.6) is 0 Å². The second-order valence-electron chi connectivity index (χ2n) is 4.49. The van der Waals surface area contributed by atoms with Crippen LogP contribution >= 0.6 is 0 Å². The zero-order chi connectivity index (χ0) is 15.6. The van der Waals surface area contributed by atoms with E-state index in [1.807, 2.05) is 0 Å². The summed E-state index contributed by atoms with van der Waals surface area (Å²) in [4.78, 5) is -0.274. The van der Waals surface area contributed by atoms with Gasteiger partial charge in [0.15, 0.2) is 0 Å². The molecule has 0 aliphatic heterocycles. The third kappa shape index (κ3) is 4.18. The van der Waals surface area contributed by atoms with Gasteiger partial charge >= 0.3 is 6.18 Å². The van der Waals surface area contributed by atoms with Crippen molar-refractivity contribution in [1.29, 1.82) is 0 Å².